The predicted octanol–water partition coefficient (Wildman–Crippen LogP) is 2.34. The first-order valence-electron chi connectivity index (χ1n) is 5.96. The zero-order valence-corrected chi connectivity index (χ0v) is 10.6. The fourth-order valence-electron chi connectivity index (χ4n) is 2.13. The van der Waals surface area contributed by atoms with E-state index in [1.54, 1.807) is 0 Å². The molecule has 1 atom stereocenters. The molecule has 2 aromatic rings. The molecule has 1 aromatic heterocycles. The Kier molecular flexibility index (Phi) is 3.29. The molecule has 0 fully saturated rings. The Morgan fingerprint density at radius 3 is 2.82 bits per heavy atom. The van der Waals surface area contributed by atoms with Crippen LogP contribution in [-0.2, 0) is 13.5 Å². The number of benzene rings is 1. The van der Waals surface area contributed by atoms with Crippen molar-refractivity contribution in [2.75, 3.05) is 0 Å². The van der Waals surface area contributed by atoms with Crippen LogP contribution in [0.3, 0.4) is 0 Å². The first-order chi connectivity index (χ1) is 8.11. The summed E-state index contributed by atoms with van der Waals surface area (Å²) in [5, 5.41) is 4.43. The van der Waals surface area contributed by atoms with Gasteiger partial charge in [0.2, 0.25) is 0 Å². The average molecular weight is 229 g/mol. The van der Waals surface area contributed by atoms with Crippen molar-refractivity contribution in [2.45, 2.75) is 26.3 Å². The van der Waals surface area contributed by atoms with Crippen LogP contribution in [0.2, 0.25) is 0 Å². The van der Waals surface area contributed by atoms with Crippen LogP contribution in [0.25, 0.3) is 0 Å². The van der Waals surface area contributed by atoms with E-state index in [4.69, 9.17) is 5.73 Å². The molecule has 0 amide bonds. The Bertz CT molecular complexity index is 514. The molecule has 0 radical (unpaired) electrons. The summed E-state index contributed by atoms with van der Waals surface area (Å²) >= 11 is 0. The van der Waals surface area contributed by atoms with E-state index in [0.29, 0.717) is 0 Å². The van der Waals surface area contributed by atoms with Crippen molar-refractivity contribution in [2.24, 2.45) is 12.8 Å². The Morgan fingerprint density at radius 2 is 2.18 bits per heavy atom. The quantitative estimate of drug-likeness (QED) is 0.878. The van der Waals surface area contributed by atoms with Gasteiger partial charge in [-0.3, -0.25) is 4.68 Å². The lowest BCUT2D eigenvalue weighted by atomic mass is 9.98. The smallest absolute Gasteiger partial charge is 0.0672 e. The van der Waals surface area contributed by atoms with Gasteiger partial charge in [0, 0.05) is 18.8 Å². The minimum Gasteiger partial charge on any atom is -0.320 e. The van der Waals surface area contributed by atoms with Crippen molar-refractivity contribution in [3.63, 3.8) is 0 Å². The van der Waals surface area contributed by atoms with Crippen molar-refractivity contribution in [3.8, 4) is 0 Å². The lowest BCUT2D eigenvalue weighted by Gasteiger charge is -2.12. The maximum Gasteiger partial charge on any atom is 0.0672 e. The van der Waals surface area contributed by atoms with E-state index in [2.05, 4.69) is 37.1 Å². The lowest BCUT2D eigenvalue weighted by molar-refractivity contribution is 0.746. The summed E-state index contributed by atoms with van der Waals surface area (Å²) in [7, 11) is 1.94. The first kappa shape index (κ1) is 11.9. The Morgan fingerprint density at radius 1 is 1.41 bits per heavy atom. The minimum absolute atomic E-state index is 0.0847. The summed E-state index contributed by atoms with van der Waals surface area (Å²) in [6.45, 7) is 4.19. The van der Waals surface area contributed by atoms with Gasteiger partial charge in [0.05, 0.1) is 11.7 Å². The molecule has 0 aliphatic carbocycles. The van der Waals surface area contributed by atoms with E-state index in [-0.39, 0.29) is 6.04 Å². The molecule has 0 saturated carbocycles. The third-order valence-electron chi connectivity index (χ3n) is 3.01. The molecule has 3 heteroatoms. The second-order valence-electron chi connectivity index (χ2n) is 4.45. The number of nitrogens with two attached hydrogens (primary N) is 1. The monoisotopic (exact) mass is 229 g/mol. The molecule has 0 spiro atoms. The van der Waals surface area contributed by atoms with Crippen LogP contribution in [0.4, 0.5) is 0 Å². The molecule has 3 nitrogen and oxygen atoms in total. The average Bonchev–Trinajstić information content (AvgIpc) is 2.69. The van der Waals surface area contributed by atoms with Crippen LogP contribution in [0.15, 0.2) is 30.5 Å². The van der Waals surface area contributed by atoms with E-state index in [1.807, 2.05) is 24.0 Å². The Balaban J connectivity index is 2.39. The van der Waals surface area contributed by atoms with Gasteiger partial charge in [-0.25, -0.2) is 0 Å². The van der Waals surface area contributed by atoms with Crippen molar-refractivity contribution in [1.29, 1.82) is 0 Å². The summed E-state index contributed by atoms with van der Waals surface area (Å²) in [6, 6.07) is 8.26. The molecule has 0 bridgehead atoms. The van der Waals surface area contributed by atoms with Crippen LogP contribution in [0, 0.1) is 6.92 Å². The number of hydrogen-bond donors (Lipinski definition) is 1. The topological polar surface area (TPSA) is 43.8 Å². The van der Waals surface area contributed by atoms with Crippen LogP contribution in [-0.4, -0.2) is 9.78 Å². The lowest BCUT2D eigenvalue weighted by Crippen LogP contribution is -2.13. The van der Waals surface area contributed by atoms with Crippen LogP contribution < -0.4 is 5.73 Å². The summed E-state index contributed by atoms with van der Waals surface area (Å²) in [6.07, 6.45) is 2.93. The molecule has 2 rings (SSSR count). The van der Waals surface area contributed by atoms with Gasteiger partial charge in [0.25, 0.3) is 0 Å². The van der Waals surface area contributed by atoms with Crippen molar-refractivity contribution in [3.05, 3.63) is 52.8 Å². The third-order valence-corrected chi connectivity index (χ3v) is 3.01. The highest BCUT2D eigenvalue weighted by Gasteiger charge is 2.15. The molecular weight excluding hydrogens is 210 g/mol. The molecule has 1 heterocycles. The van der Waals surface area contributed by atoms with Crippen molar-refractivity contribution < 1.29 is 0 Å². The SMILES string of the molecule is CCc1nn(C)cc1C(N)c1cccc(C)c1. The summed E-state index contributed by atoms with van der Waals surface area (Å²) in [4.78, 5) is 0. The van der Waals surface area contributed by atoms with Gasteiger partial charge in [-0.05, 0) is 18.9 Å². The second-order valence-corrected chi connectivity index (χ2v) is 4.45. The zero-order chi connectivity index (χ0) is 12.4. The van der Waals surface area contributed by atoms with Crippen molar-refractivity contribution in [1.82, 2.24) is 9.78 Å². The maximum absolute atomic E-state index is 6.32. The second kappa shape index (κ2) is 4.72. The fraction of sp³-hybridized carbons (Fsp3) is 0.357. The standard InChI is InChI=1S/C14H19N3/c1-4-13-12(9-17(3)16-13)14(15)11-7-5-6-10(2)8-11/h5-9,14H,4,15H2,1-3H3. The van der Waals surface area contributed by atoms with E-state index < -0.39 is 0 Å². The molecule has 0 aliphatic heterocycles. The number of rotatable bonds is 3. The molecule has 1 aromatic carbocycles. The number of aryl methyl sites for hydroxylation is 3. The van der Waals surface area contributed by atoms with Gasteiger partial charge < -0.3 is 5.73 Å². The number of hydrogen-bond acceptors (Lipinski definition) is 2. The van der Waals surface area contributed by atoms with Crippen molar-refractivity contribution >= 4 is 0 Å². The molecule has 90 valence electrons. The summed E-state index contributed by atoms with van der Waals surface area (Å²) < 4.78 is 1.84. The van der Waals surface area contributed by atoms with Gasteiger partial charge in [0.15, 0.2) is 0 Å². The first-order valence-corrected chi connectivity index (χ1v) is 5.96. The highest BCUT2D eigenvalue weighted by atomic mass is 15.3. The van der Waals surface area contributed by atoms with Crippen LogP contribution >= 0.6 is 0 Å². The molecule has 0 aliphatic rings. The Hall–Kier alpha value is -1.61. The highest BCUT2D eigenvalue weighted by molar-refractivity contribution is 5.34. The minimum atomic E-state index is -0.0847. The van der Waals surface area contributed by atoms with Gasteiger partial charge in [-0.15, -0.1) is 0 Å². The maximum atomic E-state index is 6.32. The fourth-order valence-corrected chi connectivity index (χ4v) is 2.13. The molecule has 2 N–H and O–H groups in total. The van der Waals surface area contributed by atoms with Crippen LogP contribution in [0.5, 0.6) is 0 Å². The van der Waals surface area contributed by atoms with E-state index in [9.17, 15) is 0 Å². The Labute approximate surface area is 102 Å². The van der Waals surface area contributed by atoms with E-state index in [0.717, 1.165) is 23.2 Å². The van der Waals surface area contributed by atoms with E-state index in [1.165, 1.54) is 5.56 Å². The molecule has 1 unspecified atom stereocenters. The van der Waals surface area contributed by atoms with Gasteiger partial charge >= 0.3 is 0 Å². The molecular formula is C14H19N3. The molecule has 17 heavy (non-hydrogen) atoms. The van der Waals surface area contributed by atoms with Gasteiger partial charge in [0.1, 0.15) is 0 Å². The third kappa shape index (κ3) is 2.39. The normalized spacial score (nSPS) is 12.7. The zero-order valence-electron chi connectivity index (χ0n) is 10.6. The van der Waals surface area contributed by atoms with Gasteiger partial charge in [-0.1, -0.05) is 36.8 Å². The van der Waals surface area contributed by atoms with E-state index >= 15 is 0 Å². The molecule has 0 saturated heterocycles. The van der Waals surface area contributed by atoms with Crippen LogP contribution in [0.1, 0.15) is 35.3 Å². The number of aromatic nitrogens is 2. The van der Waals surface area contributed by atoms with Gasteiger partial charge in [-0.2, -0.15) is 5.10 Å². The summed E-state index contributed by atoms with van der Waals surface area (Å²) in [5.41, 5.74) is 10.9. The summed E-state index contributed by atoms with van der Waals surface area (Å²) in [5.74, 6) is 0. The largest absolute Gasteiger partial charge is 0.320 e. The predicted molar refractivity (Wildman–Crippen MR) is 69.8 cm³/mol. The number of nitrogens with zero attached hydrogens (tertiary/aromatic N) is 2. The highest BCUT2D eigenvalue weighted by Crippen LogP contribution is 2.23.